The molecule has 0 saturated heterocycles. The Morgan fingerprint density at radius 2 is 2.17 bits per heavy atom. The molecule has 0 radical (unpaired) electrons. The number of unbranched alkanes of at least 4 members (excludes halogenated alkanes) is 1. The summed E-state index contributed by atoms with van der Waals surface area (Å²) in [7, 11) is 0. The maximum absolute atomic E-state index is 10.3. The minimum Gasteiger partial charge on any atom is -0.545 e. The summed E-state index contributed by atoms with van der Waals surface area (Å²) in [5.41, 5.74) is 0.221. The van der Waals surface area contributed by atoms with Gasteiger partial charge in [-0.15, -0.1) is 0 Å². The van der Waals surface area contributed by atoms with E-state index >= 15 is 0 Å². The first-order valence-electron chi connectivity index (χ1n) is 4.47. The molecule has 0 heterocycles. The highest BCUT2D eigenvalue weighted by atomic mass is 16.4. The van der Waals surface area contributed by atoms with Gasteiger partial charge in [-0.25, -0.2) is 0 Å². The molecule has 12 heavy (non-hydrogen) atoms. The van der Waals surface area contributed by atoms with Crippen molar-refractivity contribution in [3.8, 4) is 0 Å². The molecule has 0 aliphatic carbocycles. The van der Waals surface area contributed by atoms with Crippen molar-refractivity contribution in [3.05, 3.63) is 12.2 Å². The number of aliphatic carboxylic acids is 1. The van der Waals surface area contributed by atoms with E-state index in [9.17, 15) is 9.90 Å². The summed E-state index contributed by atoms with van der Waals surface area (Å²) < 4.78 is 0. The molecule has 0 amide bonds. The number of carboxylic acid groups (broad SMARTS) is 1. The number of carbonyl (C=O) groups is 1. The van der Waals surface area contributed by atoms with E-state index in [1.807, 2.05) is 6.92 Å². The molecule has 2 nitrogen and oxygen atoms in total. The topological polar surface area (TPSA) is 40.1 Å². The zero-order valence-electron chi connectivity index (χ0n) is 7.93. The van der Waals surface area contributed by atoms with Crippen LogP contribution in [0.4, 0.5) is 0 Å². The molecule has 2 heteroatoms. The third kappa shape index (κ3) is 4.94. The van der Waals surface area contributed by atoms with Crippen molar-refractivity contribution in [2.45, 2.75) is 39.5 Å². The first kappa shape index (κ1) is 11.2. The van der Waals surface area contributed by atoms with Crippen molar-refractivity contribution in [1.82, 2.24) is 0 Å². The lowest BCUT2D eigenvalue weighted by Crippen LogP contribution is -2.24. The van der Waals surface area contributed by atoms with Crippen LogP contribution in [0.1, 0.15) is 39.5 Å². The Hall–Kier alpha value is -0.790. The van der Waals surface area contributed by atoms with Crippen molar-refractivity contribution in [2.75, 3.05) is 0 Å². The van der Waals surface area contributed by atoms with Crippen molar-refractivity contribution >= 4 is 5.97 Å². The minimum absolute atomic E-state index is 0.221. The lowest BCUT2D eigenvalue weighted by Gasteiger charge is -2.12. The summed E-state index contributed by atoms with van der Waals surface area (Å²) in [6.07, 6.45) is 3.94. The number of rotatable bonds is 6. The van der Waals surface area contributed by atoms with E-state index in [0.717, 1.165) is 19.3 Å². The predicted octanol–water partition coefficient (Wildman–Crippen LogP) is 1.51. The maximum atomic E-state index is 10.3. The van der Waals surface area contributed by atoms with Crippen LogP contribution >= 0.6 is 0 Å². The molecule has 0 fully saturated rings. The average molecular weight is 169 g/mol. The monoisotopic (exact) mass is 169 g/mol. The second-order valence-electron chi connectivity index (χ2n) is 3.34. The van der Waals surface area contributed by atoms with Gasteiger partial charge in [-0.1, -0.05) is 39.7 Å². The van der Waals surface area contributed by atoms with Gasteiger partial charge >= 0.3 is 0 Å². The first-order valence-corrected chi connectivity index (χ1v) is 4.47. The van der Waals surface area contributed by atoms with Gasteiger partial charge in [-0.3, -0.25) is 0 Å². The van der Waals surface area contributed by atoms with E-state index < -0.39 is 5.97 Å². The standard InChI is InChI=1S/C10H18O2/c1-4-5-6-8(2)7-9(3)10(11)12/h8H,3-7H2,1-2H3,(H,11,12)/p-1. The second-order valence-corrected chi connectivity index (χ2v) is 3.34. The number of carbonyl (C=O) groups excluding carboxylic acids is 1. The summed E-state index contributed by atoms with van der Waals surface area (Å²) >= 11 is 0. The maximum Gasteiger partial charge on any atom is 0.0669 e. The van der Waals surface area contributed by atoms with Gasteiger partial charge in [-0.2, -0.15) is 0 Å². The molecule has 0 aliphatic heterocycles. The molecule has 0 rings (SSSR count). The summed E-state index contributed by atoms with van der Waals surface area (Å²) in [5, 5.41) is 10.3. The molecule has 70 valence electrons. The fraction of sp³-hybridized carbons (Fsp3) is 0.700. The van der Waals surface area contributed by atoms with Crippen molar-refractivity contribution < 1.29 is 9.90 Å². The van der Waals surface area contributed by atoms with E-state index in [1.54, 1.807) is 0 Å². The zero-order chi connectivity index (χ0) is 9.56. The van der Waals surface area contributed by atoms with Crippen molar-refractivity contribution in [2.24, 2.45) is 5.92 Å². The van der Waals surface area contributed by atoms with Crippen LogP contribution in [0.3, 0.4) is 0 Å². The van der Waals surface area contributed by atoms with Crippen molar-refractivity contribution in [3.63, 3.8) is 0 Å². The molecule has 0 bridgehead atoms. The van der Waals surface area contributed by atoms with Gasteiger partial charge in [0.05, 0.1) is 5.97 Å². The Morgan fingerprint density at radius 3 is 2.58 bits per heavy atom. The highest BCUT2D eigenvalue weighted by Gasteiger charge is 2.03. The molecule has 0 aromatic rings. The molecule has 0 saturated carbocycles. The lowest BCUT2D eigenvalue weighted by atomic mass is 9.97. The van der Waals surface area contributed by atoms with Gasteiger partial charge in [0.25, 0.3) is 0 Å². The second kappa shape index (κ2) is 5.81. The van der Waals surface area contributed by atoms with Crippen LogP contribution in [-0.2, 0) is 4.79 Å². The van der Waals surface area contributed by atoms with Crippen LogP contribution in [0.5, 0.6) is 0 Å². The fourth-order valence-electron chi connectivity index (χ4n) is 1.16. The smallest absolute Gasteiger partial charge is 0.0669 e. The largest absolute Gasteiger partial charge is 0.545 e. The van der Waals surface area contributed by atoms with E-state index in [4.69, 9.17) is 0 Å². The van der Waals surface area contributed by atoms with Crippen molar-refractivity contribution in [1.29, 1.82) is 0 Å². The van der Waals surface area contributed by atoms with Gasteiger partial charge in [0.2, 0.25) is 0 Å². The molecule has 0 spiro atoms. The Labute approximate surface area is 74.3 Å². The highest BCUT2D eigenvalue weighted by Crippen LogP contribution is 2.15. The Morgan fingerprint density at radius 1 is 1.58 bits per heavy atom. The first-order chi connectivity index (χ1) is 5.57. The van der Waals surface area contributed by atoms with Crippen LogP contribution in [0.2, 0.25) is 0 Å². The summed E-state index contributed by atoms with van der Waals surface area (Å²) in [5.74, 6) is -0.700. The molecule has 0 aromatic heterocycles. The molecule has 1 unspecified atom stereocenters. The molecule has 1 atom stereocenters. The molecular weight excluding hydrogens is 152 g/mol. The third-order valence-electron chi connectivity index (χ3n) is 1.93. The Bertz CT molecular complexity index is 161. The lowest BCUT2D eigenvalue weighted by molar-refractivity contribution is -0.299. The highest BCUT2D eigenvalue weighted by molar-refractivity contribution is 5.83. The van der Waals surface area contributed by atoms with Crippen LogP contribution < -0.4 is 5.11 Å². The van der Waals surface area contributed by atoms with Gasteiger partial charge < -0.3 is 9.90 Å². The molecule has 0 aliphatic rings. The van der Waals surface area contributed by atoms with Crippen LogP contribution in [0, 0.1) is 5.92 Å². The Kier molecular flexibility index (Phi) is 5.43. The van der Waals surface area contributed by atoms with E-state index in [1.165, 1.54) is 0 Å². The van der Waals surface area contributed by atoms with E-state index in [2.05, 4.69) is 13.5 Å². The predicted molar refractivity (Wildman–Crippen MR) is 47.5 cm³/mol. The van der Waals surface area contributed by atoms with Crippen LogP contribution in [0.25, 0.3) is 0 Å². The summed E-state index contributed by atoms with van der Waals surface area (Å²) in [6.45, 7) is 7.61. The number of hydrogen-bond acceptors (Lipinski definition) is 2. The molecule has 0 N–H and O–H groups in total. The molecule has 0 aromatic carbocycles. The normalized spacial score (nSPS) is 12.5. The quantitative estimate of drug-likeness (QED) is 0.565. The van der Waals surface area contributed by atoms with E-state index in [0.29, 0.717) is 12.3 Å². The van der Waals surface area contributed by atoms with Gasteiger partial charge in [0.1, 0.15) is 0 Å². The average Bonchev–Trinajstić information content (AvgIpc) is 2.00. The van der Waals surface area contributed by atoms with Gasteiger partial charge in [0, 0.05) is 0 Å². The van der Waals surface area contributed by atoms with Crippen LogP contribution in [0.15, 0.2) is 12.2 Å². The minimum atomic E-state index is -1.11. The third-order valence-corrected chi connectivity index (χ3v) is 1.93. The fourth-order valence-corrected chi connectivity index (χ4v) is 1.16. The Balaban J connectivity index is 3.61. The SMILES string of the molecule is C=C(CC(C)CCCC)C(=O)[O-]. The summed E-state index contributed by atoms with van der Waals surface area (Å²) in [6, 6.07) is 0. The van der Waals surface area contributed by atoms with Crippen LogP contribution in [-0.4, -0.2) is 5.97 Å². The number of hydrogen-bond donors (Lipinski definition) is 0. The number of carboxylic acids is 1. The van der Waals surface area contributed by atoms with Gasteiger partial charge in [-0.05, 0) is 17.9 Å². The van der Waals surface area contributed by atoms with Gasteiger partial charge in [0.15, 0.2) is 0 Å². The zero-order valence-corrected chi connectivity index (χ0v) is 7.93. The summed E-state index contributed by atoms with van der Waals surface area (Å²) in [4.78, 5) is 10.3. The molecular formula is C10H17O2-. The van der Waals surface area contributed by atoms with E-state index in [-0.39, 0.29) is 5.57 Å².